The third-order valence-electron chi connectivity index (χ3n) is 6.50. The molecule has 0 bridgehead atoms. The Morgan fingerprint density at radius 1 is 1.15 bits per heavy atom. The number of carbonyl (C=O) groups is 3. The number of hydrogen-bond donors (Lipinski definition) is 1. The van der Waals surface area contributed by atoms with Crippen LogP contribution in [0.2, 0.25) is 0 Å². The zero-order chi connectivity index (χ0) is 19.4. The van der Waals surface area contributed by atoms with Crippen molar-refractivity contribution in [2.75, 3.05) is 18.1 Å². The summed E-state index contributed by atoms with van der Waals surface area (Å²) in [5.74, 6) is -0.00643. The number of nitrogens with one attached hydrogen (secondary N) is 1. The summed E-state index contributed by atoms with van der Waals surface area (Å²) < 4.78 is 23.6. The zero-order valence-corrected chi connectivity index (χ0v) is 16.5. The maximum absolute atomic E-state index is 13.0. The van der Waals surface area contributed by atoms with Crippen molar-refractivity contribution in [3.05, 3.63) is 0 Å². The lowest BCUT2D eigenvalue weighted by Gasteiger charge is -2.34. The molecule has 2 aliphatic carbocycles. The van der Waals surface area contributed by atoms with Crippen molar-refractivity contribution in [3.63, 3.8) is 0 Å². The largest absolute Gasteiger partial charge is 0.334 e. The summed E-state index contributed by atoms with van der Waals surface area (Å²) >= 11 is 0. The Morgan fingerprint density at radius 3 is 2.37 bits per heavy atom. The third-order valence-corrected chi connectivity index (χ3v) is 8.25. The van der Waals surface area contributed by atoms with Gasteiger partial charge in [0, 0.05) is 12.1 Å². The van der Waals surface area contributed by atoms with E-state index in [9.17, 15) is 22.8 Å². The van der Waals surface area contributed by atoms with E-state index in [4.69, 9.17) is 0 Å². The van der Waals surface area contributed by atoms with Gasteiger partial charge in [0.15, 0.2) is 9.84 Å². The van der Waals surface area contributed by atoms with E-state index in [-0.39, 0.29) is 41.9 Å². The molecule has 2 aliphatic heterocycles. The van der Waals surface area contributed by atoms with Crippen LogP contribution in [0.1, 0.15) is 51.9 Å². The van der Waals surface area contributed by atoms with E-state index in [1.807, 2.05) is 0 Å². The molecular formula is C18H27N3O5S. The molecule has 2 heterocycles. The maximum atomic E-state index is 13.0. The highest BCUT2D eigenvalue weighted by Crippen LogP contribution is 2.37. The molecule has 4 amide bonds. The van der Waals surface area contributed by atoms with Gasteiger partial charge in [-0.05, 0) is 50.9 Å². The summed E-state index contributed by atoms with van der Waals surface area (Å²) in [7, 11) is -3.11. The number of nitrogens with zero attached hydrogens (tertiary/aromatic N) is 2. The highest BCUT2D eigenvalue weighted by Gasteiger charge is 2.53. The van der Waals surface area contributed by atoms with Gasteiger partial charge < -0.3 is 10.2 Å². The van der Waals surface area contributed by atoms with E-state index in [0.717, 1.165) is 30.6 Å². The van der Waals surface area contributed by atoms with Crippen LogP contribution in [0.3, 0.4) is 0 Å². The molecule has 0 aromatic heterocycles. The molecule has 0 aromatic carbocycles. The molecule has 8 nitrogen and oxygen atoms in total. The van der Waals surface area contributed by atoms with Gasteiger partial charge in [0.25, 0.3) is 5.91 Å². The molecule has 1 spiro atoms. The molecule has 2 saturated heterocycles. The van der Waals surface area contributed by atoms with Crippen molar-refractivity contribution >= 4 is 27.7 Å². The van der Waals surface area contributed by atoms with Gasteiger partial charge in [0.1, 0.15) is 12.1 Å². The van der Waals surface area contributed by atoms with Gasteiger partial charge >= 0.3 is 6.03 Å². The first-order valence-corrected chi connectivity index (χ1v) is 11.7. The highest BCUT2D eigenvalue weighted by atomic mass is 32.2. The van der Waals surface area contributed by atoms with E-state index in [2.05, 4.69) is 12.2 Å². The van der Waals surface area contributed by atoms with Crippen LogP contribution in [0.15, 0.2) is 0 Å². The van der Waals surface area contributed by atoms with Gasteiger partial charge in [0.2, 0.25) is 5.91 Å². The fourth-order valence-corrected chi connectivity index (χ4v) is 6.39. The van der Waals surface area contributed by atoms with Gasteiger partial charge in [-0.3, -0.25) is 14.5 Å². The van der Waals surface area contributed by atoms with Crippen LogP contribution in [0, 0.1) is 5.92 Å². The van der Waals surface area contributed by atoms with Gasteiger partial charge in [0.05, 0.1) is 11.5 Å². The fourth-order valence-electron chi connectivity index (χ4n) is 4.68. The summed E-state index contributed by atoms with van der Waals surface area (Å²) in [6, 6.07) is -0.793. The minimum absolute atomic E-state index is 0.0167. The lowest BCUT2D eigenvalue weighted by Crippen LogP contribution is -2.51. The van der Waals surface area contributed by atoms with E-state index in [1.54, 1.807) is 4.90 Å². The lowest BCUT2D eigenvalue weighted by molar-refractivity contribution is -0.141. The fraction of sp³-hybridized carbons (Fsp3) is 0.833. The van der Waals surface area contributed by atoms with Crippen molar-refractivity contribution < 1.29 is 22.8 Å². The van der Waals surface area contributed by atoms with Gasteiger partial charge in [-0.25, -0.2) is 13.2 Å². The normalized spacial score (nSPS) is 35.5. The van der Waals surface area contributed by atoms with Gasteiger partial charge in [-0.15, -0.1) is 0 Å². The second-order valence-corrected chi connectivity index (χ2v) is 10.9. The monoisotopic (exact) mass is 397 g/mol. The van der Waals surface area contributed by atoms with Gasteiger partial charge in [-0.1, -0.05) is 6.92 Å². The molecule has 27 heavy (non-hydrogen) atoms. The quantitative estimate of drug-likeness (QED) is 0.702. The molecule has 1 N–H and O–H groups in total. The van der Waals surface area contributed by atoms with Crippen LogP contribution >= 0.6 is 0 Å². The van der Waals surface area contributed by atoms with Crippen molar-refractivity contribution in [2.24, 2.45) is 5.92 Å². The Labute approximate surface area is 159 Å². The molecule has 0 unspecified atom stereocenters. The molecule has 2 saturated carbocycles. The second-order valence-electron chi connectivity index (χ2n) is 8.68. The van der Waals surface area contributed by atoms with Crippen LogP contribution < -0.4 is 5.32 Å². The lowest BCUT2D eigenvalue weighted by atomic mass is 9.77. The summed E-state index contributed by atoms with van der Waals surface area (Å²) in [5.41, 5.74) is -0.856. The number of imide groups is 1. The first kappa shape index (κ1) is 18.7. The molecule has 0 radical (unpaired) electrons. The molecule has 0 aromatic rings. The van der Waals surface area contributed by atoms with Gasteiger partial charge in [-0.2, -0.15) is 0 Å². The van der Waals surface area contributed by atoms with Crippen molar-refractivity contribution in [2.45, 2.75) is 69.5 Å². The number of carbonyl (C=O) groups excluding carboxylic acids is 3. The standard InChI is InChI=1S/C18H27N3O5S/c1-12-4-7-18(8-5-12)16(23)20(17(24)19-18)10-15(22)21(13-2-3-13)14-6-9-27(25,26)11-14/h12-14H,2-11H2,1H3,(H,19,24)/t12?,14-,18?/m0/s1. The summed E-state index contributed by atoms with van der Waals surface area (Å²) in [6.45, 7) is 1.84. The van der Waals surface area contributed by atoms with E-state index < -0.39 is 21.4 Å². The topological polar surface area (TPSA) is 104 Å². The first-order valence-electron chi connectivity index (χ1n) is 9.86. The summed E-state index contributed by atoms with van der Waals surface area (Å²) in [5, 5.41) is 2.83. The average Bonchev–Trinajstić information content (AvgIpc) is 3.33. The van der Waals surface area contributed by atoms with Crippen LogP contribution in [0.5, 0.6) is 0 Å². The zero-order valence-electron chi connectivity index (χ0n) is 15.6. The van der Waals surface area contributed by atoms with Crippen LogP contribution in [-0.2, 0) is 19.4 Å². The van der Waals surface area contributed by atoms with Crippen LogP contribution in [-0.4, -0.2) is 71.7 Å². The molecule has 4 rings (SSSR count). The SMILES string of the molecule is CC1CCC2(CC1)NC(=O)N(CC(=O)N(C1CC1)[C@H]1CCS(=O)(=O)C1)C2=O. The minimum Gasteiger partial charge on any atom is -0.334 e. The Bertz CT molecular complexity index is 768. The van der Waals surface area contributed by atoms with Crippen molar-refractivity contribution in [1.29, 1.82) is 0 Å². The first-order chi connectivity index (χ1) is 12.7. The Morgan fingerprint density at radius 2 is 1.81 bits per heavy atom. The molecule has 9 heteroatoms. The van der Waals surface area contributed by atoms with E-state index >= 15 is 0 Å². The van der Waals surface area contributed by atoms with Crippen LogP contribution in [0.25, 0.3) is 0 Å². The summed E-state index contributed by atoms with van der Waals surface area (Å²) in [4.78, 5) is 41.0. The van der Waals surface area contributed by atoms with E-state index in [1.165, 1.54) is 0 Å². The smallest absolute Gasteiger partial charge is 0.325 e. The van der Waals surface area contributed by atoms with Crippen LogP contribution in [0.4, 0.5) is 4.79 Å². The molecule has 4 fully saturated rings. The predicted octanol–water partition coefficient (Wildman–Crippen LogP) is 0.665. The molecule has 4 aliphatic rings. The number of sulfone groups is 1. The number of hydrogen-bond acceptors (Lipinski definition) is 5. The number of urea groups is 1. The molecule has 150 valence electrons. The number of amides is 4. The third kappa shape index (κ3) is 3.46. The average molecular weight is 397 g/mol. The minimum atomic E-state index is -3.11. The van der Waals surface area contributed by atoms with E-state index in [0.29, 0.717) is 25.2 Å². The summed E-state index contributed by atoms with van der Waals surface area (Å²) in [6.07, 6.45) is 5.11. The second kappa shape index (κ2) is 6.46. The Kier molecular flexibility index (Phi) is 4.48. The molecular weight excluding hydrogens is 370 g/mol. The highest BCUT2D eigenvalue weighted by molar-refractivity contribution is 7.91. The Hall–Kier alpha value is -1.64. The van der Waals surface area contributed by atoms with Crippen molar-refractivity contribution in [3.8, 4) is 0 Å². The number of rotatable bonds is 4. The van der Waals surface area contributed by atoms with Crippen molar-refractivity contribution in [1.82, 2.24) is 15.1 Å². The maximum Gasteiger partial charge on any atom is 0.325 e. The predicted molar refractivity (Wildman–Crippen MR) is 97.5 cm³/mol. The Balaban J connectivity index is 1.47. The molecule has 1 atom stereocenters.